The van der Waals surface area contributed by atoms with E-state index < -0.39 is 12.0 Å². The molecule has 2 amide bonds. The first-order valence-corrected chi connectivity index (χ1v) is 9.10. The molecule has 1 aliphatic heterocycles. The van der Waals surface area contributed by atoms with Crippen LogP contribution in [-0.2, 0) is 19.1 Å². The second kappa shape index (κ2) is 10.1. The molecular formula is C18H24ClN3O4. The summed E-state index contributed by atoms with van der Waals surface area (Å²) in [5.74, 6) is -0.946. The average molecular weight is 382 g/mol. The van der Waals surface area contributed by atoms with E-state index in [-0.39, 0.29) is 24.8 Å². The monoisotopic (exact) mass is 381 g/mol. The number of piperazine rings is 1. The zero-order valence-corrected chi connectivity index (χ0v) is 15.6. The summed E-state index contributed by atoms with van der Waals surface area (Å²) in [5.41, 5.74) is 0.622. The van der Waals surface area contributed by atoms with Gasteiger partial charge in [-0.2, -0.15) is 0 Å². The van der Waals surface area contributed by atoms with Crippen LogP contribution in [0, 0.1) is 0 Å². The van der Waals surface area contributed by atoms with Crippen molar-refractivity contribution in [3.8, 4) is 0 Å². The van der Waals surface area contributed by atoms with Gasteiger partial charge in [0.05, 0.1) is 19.6 Å². The molecule has 8 heteroatoms. The third-order valence-electron chi connectivity index (χ3n) is 4.04. The molecule has 0 bridgehead atoms. The van der Waals surface area contributed by atoms with Gasteiger partial charge in [-0.25, -0.2) is 0 Å². The minimum absolute atomic E-state index is 0.0168. The lowest BCUT2D eigenvalue weighted by atomic mass is 10.1. The fraction of sp³-hybridized carbons (Fsp3) is 0.500. The van der Waals surface area contributed by atoms with Gasteiger partial charge in [0.15, 0.2) is 0 Å². The molecule has 1 aliphatic rings. The van der Waals surface area contributed by atoms with Crippen molar-refractivity contribution in [2.75, 3.05) is 31.6 Å². The molecular weight excluding hydrogens is 358 g/mol. The van der Waals surface area contributed by atoms with E-state index in [2.05, 4.69) is 10.6 Å². The number of carbonyl (C=O) groups is 3. The van der Waals surface area contributed by atoms with E-state index in [1.54, 1.807) is 29.2 Å². The second-order valence-corrected chi connectivity index (χ2v) is 6.55. The Labute approximate surface area is 158 Å². The first-order valence-electron chi connectivity index (χ1n) is 8.72. The van der Waals surface area contributed by atoms with Crippen LogP contribution >= 0.6 is 11.6 Å². The van der Waals surface area contributed by atoms with Gasteiger partial charge in [0.25, 0.3) is 0 Å². The topological polar surface area (TPSA) is 87.7 Å². The van der Waals surface area contributed by atoms with E-state index in [9.17, 15) is 14.4 Å². The van der Waals surface area contributed by atoms with E-state index in [0.29, 0.717) is 30.4 Å². The Bertz CT molecular complexity index is 636. The lowest BCUT2D eigenvalue weighted by Gasteiger charge is -2.33. The summed E-state index contributed by atoms with van der Waals surface area (Å²) >= 11 is 5.82. The highest BCUT2D eigenvalue weighted by Gasteiger charge is 2.33. The van der Waals surface area contributed by atoms with E-state index >= 15 is 0 Å². The normalized spacial score (nSPS) is 17.5. The molecule has 0 aromatic heterocycles. The predicted octanol–water partition coefficient (Wildman–Crippen LogP) is 1.81. The average Bonchev–Trinajstić information content (AvgIpc) is 2.60. The fourth-order valence-corrected chi connectivity index (χ4v) is 2.76. The standard InChI is InChI=1S/C18H24ClN3O4/c1-2-3-10-26-17(24)11-15-18(25)20-8-9-22(15)12-16(23)21-14-6-4-13(19)5-7-14/h4-7,15H,2-3,8-12H2,1H3,(H,20,25)(H,21,23). The molecule has 1 heterocycles. The fourth-order valence-electron chi connectivity index (χ4n) is 2.64. The number of ether oxygens (including phenoxy) is 1. The number of amides is 2. The highest BCUT2D eigenvalue weighted by Crippen LogP contribution is 2.14. The summed E-state index contributed by atoms with van der Waals surface area (Å²) in [7, 11) is 0. The molecule has 1 aromatic rings. The molecule has 1 aromatic carbocycles. The predicted molar refractivity (Wildman–Crippen MR) is 98.9 cm³/mol. The molecule has 0 spiro atoms. The molecule has 0 aliphatic carbocycles. The lowest BCUT2D eigenvalue weighted by molar-refractivity contribution is -0.149. The van der Waals surface area contributed by atoms with Crippen molar-refractivity contribution in [2.45, 2.75) is 32.2 Å². The number of hydrogen-bond acceptors (Lipinski definition) is 5. The summed E-state index contributed by atoms with van der Waals surface area (Å²) < 4.78 is 5.14. The van der Waals surface area contributed by atoms with Gasteiger partial charge in [-0.05, 0) is 30.7 Å². The quantitative estimate of drug-likeness (QED) is 0.529. The molecule has 1 saturated heterocycles. The van der Waals surface area contributed by atoms with Gasteiger partial charge in [0.1, 0.15) is 6.04 Å². The molecule has 1 unspecified atom stereocenters. The number of unbranched alkanes of at least 4 members (excludes halogenated alkanes) is 1. The summed E-state index contributed by atoms with van der Waals surface area (Å²) in [6.07, 6.45) is 1.65. The maximum atomic E-state index is 12.3. The van der Waals surface area contributed by atoms with Crippen molar-refractivity contribution >= 4 is 35.1 Å². The van der Waals surface area contributed by atoms with Crippen LogP contribution in [0.15, 0.2) is 24.3 Å². The number of esters is 1. The smallest absolute Gasteiger partial charge is 0.307 e. The van der Waals surface area contributed by atoms with Crippen LogP contribution in [0.4, 0.5) is 5.69 Å². The van der Waals surface area contributed by atoms with Gasteiger partial charge in [-0.1, -0.05) is 24.9 Å². The summed E-state index contributed by atoms with van der Waals surface area (Å²) in [6.45, 7) is 3.30. The Hall–Kier alpha value is -2.12. The first kappa shape index (κ1) is 20.2. The van der Waals surface area contributed by atoms with E-state index in [0.717, 1.165) is 12.8 Å². The minimum atomic E-state index is -0.700. The molecule has 0 saturated carbocycles. The largest absolute Gasteiger partial charge is 0.466 e. The first-order chi connectivity index (χ1) is 12.5. The number of nitrogens with one attached hydrogen (secondary N) is 2. The van der Waals surface area contributed by atoms with Crippen LogP contribution in [0.2, 0.25) is 5.02 Å². The third kappa shape index (κ3) is 6.31. The van der Waals surface area contributed by atoms with Crippen molar-refractivity contribution in [3.63, 3.8) is 0 Å². The number of nitrogens with zero attached hydrogens (tertiary/aromatic N) is 1. The number of anilines is 1. The van der Waals surface area contributed by atoms with Gasteiger partial charge < -0.3 is 15.4 Å². The van der Waals surface area contributed by atoms with Crippen LogP contribution in [0.5, 0.6) is 0 Å². The minimum Gasteiger partial charge on any atom is -0.466 e. The van der Waals surface area contributed by atoms with Gasteiger partial charge in [-0.15, -0.1) is 0 Å². The van der Waals surface area contributed by atoms with Gasteiger partial charge in [0.2, 0.25) is 11.8 Å². The third-order valence-corrected chi connectivity index (χ3v) is 4.29. The highest BCUT2D eigenvalue weighted by atomic mass is 35.5. The SMILES string of the molecule is CCCCOC(=O)CC1C(=O)NCCN1CC(=O)Nc1ccc(Cl)cc1. The Morgan fingerprint density at radius 2 is 2.08 bits per heavy atom. The molecule has 1 fully saturated rings. The number of hydrogen-bond donors (Lipinski definition) is 2. The zero-order chi connectivity index (χ0) is 18.9. The number of halogens is 1. The van der Waals surface area contributed by atoms with Crippen molar-refractivity contribution in [1.29, 1.82) is 0 Å². The van der Waals surface area contributed by atoms with Crippen LogP contribution in [0.3, 0.4) is 0 Å². The van der Waals surface area contributed by atoms with Crippen LogP contribution < -0.4 is 10.6 Å². The maximum absolute atomic E-state index is 12.3. The Kier molecular flexibility index (Phi) is 7.87. The summed E-state index contributed by atoms with van der Waals surface area (Å²) in [5, 5.41) is 6.07. The van der Waals surface area contributed by atoms with Gasteiger partial charge in [-0.3, -0.25) is 19.3 Å². The van der Waals surface area contributed by atoms with Gasteiger partial charge in [0, 0.05) is 23.8 Å². The number of carbonyl (C=O) groups excluding carboxylic acids is 3. The Morgan fingerprint density at radius 1 is 1.35 bits per heavy atom. The van der Waals surface area contributed by atoms with E-state index in [1.165, 1.54) is 0 Å². The maximum Gasteiger partial charge on any atom is 0.307 e. The summed E-state index contributed by atoms with van der Waals surface area (Å²) in [4.78, 5) is 38.1. The number of rotatable bonds is 8. The molecule has 7 nitrogen and oxygen atoms in total. The second-order valence-electron chi connectivity index (χ2n) is 6.11. The summed E-state index contributed by atoms with van der Waals surface area (Å²) in [6, 6.07) is 6.06. The Morgan fingerprint density at radius 3 is 2.77 bits per heavy atom. The van der Waals surface area contributed by atoms with Crippen molar-refractivity contribution in [1.82, 2.24) is 10.2 Å². The van der Waals surface area contributed by atoms with Crippen LogP contribution in [-0.4, -0.2) is 55.0 Å². The van der Waals surface area contributed by atoms with E-state index in [1.807, 2.05) is 6.92 Å². The molecule has 142 valence electrons. The lowest BCUT2D eigenvalue weighted by Crippen LogP contribution is -2.57. The zero-order valence-electron chi connectivity index (χ0n) is 14.8. The van der Waals surface area contributed by atoms with Crippen LogP contribution in [0.25, 0.3) is 0 Å². The highest BCUT2D eigenvalue weighted by molar-refractivity contribution is 6.30. The molecule has 2 N–H and O–H groups in total. The van der Waals surface area contributed by atoms with E-state index in [4.69, 9.17) is 16.3 Å². The van der Waals surface area contributed by atoms with Crippen molar-refractivity contribution < 1.29 is 19.1 Å². The molecule has 26 heavy (non-hydrogen) atoms. The van der Waals surface area contributed by atoms with Gasteiger partial charge >= 0.3 is 5.97 Å². The van der Waals surface area contributed by atoms with Crippen LogP contribution in [0.1, 0.15) is 26.2 Å². The van der Waals surface area contributed by atoms with Crippen molar-refractivity contribution in [3.05, 3.63) is 29.3 Å². The molecule has 2 rings (SSSR count). The van der Waals surface area contributed by atoms with Crippen molar-refractivity contribution in [2.24, 2.45) is 0 Å². The Balaban J connectivity index is 1.91. The number of benzene rings is 1. The molecule has 0 radical (unpaired) electrons. The molecule has 1 atom stereocenters.